The highest BCUT2D eigenvalue weighted by molar-refractivity contribution is 6.22. The average molecular weight is 348 g/mol. The number of nitrogens with zero attached hydrogens (tertiary/aromatic N) is 1. The number of ether oxygens (including phenoxy) is 1. The molecule has 1 N–H and O–H groups in total. The number of ketones is 1. The van der Waals surface area contributed by atoms with Gasteiger partial charge in [0, 0.05) is 17.7 Å². The van der Waals surface area contributed by atoms with E-state index in [1.54, 1.807) is 18.2 Å². The maximum absolute atomic E-state index is 12.5. The van der Waals surface area contributed by atoms with Crippen molar-refractivity contribution >= 4 is 18.2 Å². The molecule has 0 heterocycles. The Morgan fingerprint density at radius 1 is 0.958 bits per heavy atom. The lowest BCUT2D eigenvalue weighted by molar-refractivity contribution is 0.104. The van der Waals surface area contributed by atoms with Crippen LogP contribution < -0.4 is 4.74 Å². The van der Waals surface area contributed by atoms with E-state index in [2.05, 4.69) is 18.7 Å². The van der Waals surface area contributed by atoms with Gasteiger partial charge in [-0.05, 0) is 60.6 Å². The van der Waals surface area contributed by atoms with Crippen molar-refractivity contribution < 1.29 is 14.6 Å². The maximum Gasteiger partial charge on any atom is 0.194 e. The average Bonchev–Trinajstić information content (AvgIpc) is 2.84. The van der Waals surface area contributed by atoms with Gasteiger partial charge in [0.05, 0.1) is 0 Å². The lowest BCUT2D eigenvalue weighted by Crippen LogP contribution is -2.27. The van der Waals surface area contributed by atoms with Crippen LogP contribution in [-0.2, 0) is 0 Å². The Bertz CT molecular complexity index is 741. The van der Waals surface area contributed by atoms with E-state index < -0.39 is 0 Å². The quantitative estimate of drug-likeness (QED) is 0.738. The third-order valence-electron chi connectivity index (χ3n) is 4.34. The number of phenolic OH excluding ortho intramolecular Hbond substituents is 1. The van der Waals surface area contributed by atoms with Gasteiger partial charge in [0.2, 0.25) is 0 Å². The number of rotatable bonds is 6. The number of hydrogen-bond acceptors (Lipinski definition) is 4. The molecule has 0 spiro atoms. The summed E-state index contributed by atoms with van der Waals surface area (Å²) >= 11 is 0. The van der Waals surface area contributed by atoms with Gasteiger partial charge in [-0.1, -0.05) is 13.8 Å². The van der Waals surface area contributed by atoms with Crippen molar-refractivity contribution in [2.75, 3.05) is 26.2 Å². The number of likely N-dealkylation sites (N-methyl/N-ethyl adjacent to an activating group) is 1. The number of hydrogen-bond donors (Lipinski definition) is 1. The van der Waals surface area contributed by atoms with Gasteiger partial charge in [0.25, 0.3) is 0 Å². The Morgan fingerprint density at radius 3 is 2.25 bits per heavy atom. The minimum Gasteiger partial charge on any atom is -0.508 e. The molecule has 2 aromatic rings. The Morgan fingerprint density at radius 2 is 1.58 bits per heavy atom. The van der Waals surface area contributed by atoms with Crippen molar-refractivity contribution in [2.45, 2.75) is 13.8 Å². The topological polar surface area (TPSA) is 49.8 Å². The molecule has 0 amide bonds. The largest absolute Gasteiger partial charge is 0.508 e. The monoisotopic (exact) mass is 347 g/mol. The number of carbonyl (C=O) groups is 1. The fourth-order valence-electron chi connectivity index (χ4n) is 2.97. The number of halogens is 1. The van der Waals surface area contributed by atoms with E-state index in [9.17, 15) is 9.90 Å². The Labute approximate surface area is 148 Å². The van der Waals surface area contributed by atoms with Crippen LogP contribution in [0.3, 0.4) is 0 Å². The summed E-state index contributed by atoms with van der Waals surface area (Å²) in [6.45, 7) is 7.73. The third kappa shape index (κ3) is 3.40. The normalized spacial score (nSPS) is 11.9. The molecular formula is C19H22ClNO3. The van der Waals surface area contributed by atoms with Gasteiger partial charge in [-0.3, -0.25) is 4.79 Å². The Hall–Kier alpha value is -2.04. The summed E-state index contributed by atoms with van der Waals surface area (Å²) in [5.74, 6) is 0.766. The highest BCUT2D eigenvalue weighted by atomic mass is 35.5. The van der Waals surface area contributed by atoms with Gasteiger partial charge in [0.1, 0.15) is 18.1 Å². The van der Waals surface area contributed by atoms with E-state index in [0.717, 1.165) is 30.8 Å². The van der Waals surface area contributed by atoms with Crippen molar-refractivity contribution in [3.63, 3.8) is 0 Å². The van der Waals surface area contributed by atoms with Crippen LogP contribution in [0.25, 0.3) is 11.1 Å². The molecule has 0 radical (unpaired) electrons. The van der Waals surface area contributed by atoms with Crippen LogP contribution in [0.1, 0.15) is 29.8 Å². The summed E-state index contributed by atoms with van der Waals surface area (Å²) in [5.41, 5.74) is 2.98. The molecule has 1 aliphatic rings. The number of fused-ring (bicyclic) bond motifs is 3. The second-order valence-electron chi connectivity index (χ2n) is 5.64. The number of aromatic hydroxyl groups is 1. The van der Waals surface area contributed by atoms with Gasteiger partial charge in [-0.2, -0.15) is 0 Å². The van der Waals surface area contributed by atoms with Crippen molar-refractivity contribution in [1.82, 2.24) is 4.90 Å². The first kappa shape index (κ1) is 18.3. The lowest BCUT2D eigenvalue weighted by atomic mass is 10.1. The summed E-state index contributed by atoms with van der Waals surface area (Å²) in [6.07, 6.45) is 0. The van der Waals surface area contributed by atoms with Gasteiger partial charge in [-0.15, -0.1) is 12.4 Å². The second kappa shape index (κ2) is 7.69. The van der Waals surface area contributed by atoms with Crippen LogP contribution in [0.2, 0.25) is 0 Å². The number of phenols is 1. The SMILES string of the molecule is CCN(CC)CCOc1ccc2c(c1)C(=O)c1cc(O)ccc1-2.Cl. The van der Waals surface area contributed by atoms with E-state index >= 15 is 0 Å². The van der Waals surface area contributed by atoms with Crippen LogP contribution in [0.15, 0.2) is 36.4 Å². The highest BCUT2D eigenvalue weighted by Crippen LogP contribution is 2.39. The first-order valence-corrected chi connectivity index (χ1v) is 8.01. The van der Waals surface area contributed by atoms with Crippen molar-refractivity contribution in [2.24, 2.45) is 0 Å². The zero-order valence-corrected chi connectivity index (χ0v) is 14.7. The Kier molecular flexibility index (Phi) is 5.86. The van der Waals surface area contributed by atoms with Crippen LogP contribution >= 0.6 is 12.4 Å². The van der Waals surface area contributed by atoms with Gasteiger partial charge >= 0.3 is 0 Å². The number of carbonyl (C=O) groups excluding carboxylic acids is 1. The maximum atomic E-state index is 12.5. The van der Waals surface area contributed by atoms with Crippen molar-refractivity contribution in [3.05, 3.63) is 47.5 Å². The van der Waals surface area contributed by atoms with E-state index in [-0.39, 0.29) is 23.9 Å². The highest BCUT2D eigenvalue weighted by Gasteiger charge is 2.27. The summed E-state index contributed by atoms with van der Waals surface area (Å²) < 4.78 is 5.79. The summed E-state index contributed by atoms with van der Waals surface area (Å²) in [7, 11) is 0. The molecule has 0 aromatic heterocycles. The minimum atomic E-state index is -0.0555. The lowest BCUT2D eigenvalue weighted by Gasteiger charge is -2.18. The van der Waals surface area contributed by atoms with Gasteiger partial charge in [-0.25, -0.2) is 0 Å². The second-order valence-corrected chi connectivity index (χ2v) is 5.64. The van der Waals surface area contributed by atoms with E-state index in [4.69, 9.17) is 4.74 Å². The molecule has 0 atom stereocenters. The third-order valence-corrected chi connectivity index (χ3v) is 4.34. The van der Waals surface area contributed by atoms with Crippen LogP contribution in [-0.4, -0.2) is 42.0 Å². The minimum absolute atomic E-state index is 0. The first-order chi connectivity index (χ1) is 11.1. The van der Waals surface area contributed by atoms with Crippen LogP contribution in [0.4, 0.5) is 0 Å². The first-order valence-electron chi connectivity index (χ1n) is 8.01. The van der Waals surface area contributed by atoms with E-state index in [1.807, 2.05) is 12.1 Å². The van der Waals surface area contributed by atoms with Crippen LogP contribution in [0.5, 0.6) is 11.5 Å². The van der Waals surface area contributed by atoms with E-state index in [0.29, 0.717) is 23.5 Å². The van der Waals surface area contributed by atoms with Crippen molar-refractivity contribution in [3.8, 4) is 22.6 Å². The van der Waals surface area contributed by atoms with Gasteiger partial charge in [0.15, 0.2) is 5.78 Å². The zero-order valence-electron chi connectivity index (χ0n) is 13.9. The summed E-state index contributed by atoms with van der Waals surface area (Å²) in [4.78, 5) is 14.8. The Balaban J connectivity index is 0.00000208. The fourth-order valence-corrected chi connectivity index (χ4v) is 2.97. The molecule has 5 heteroatoms. The molecule has 0 unspecified atom stereocenters. The predicted molar refractivity (Wildman–Crippen MR) is 97.5 cm³/mol. The smallest absolute Gasteiger partial charge is 0.194 e. The molecule has 0 aliphatic heterocycles. The molecule has 128 valence electrons. The van der Waals surface area contributed by atoms with Gasteiger partial charge < -0.3 is 14.7 Å². The molecule has 0 fully saturated rings. The standard InChI is InChI=1S/C19H21NO3.ClH/c1-3-20(4-2)9-10-23-14-6-8-16-15-7-5-13(21)11-17(15)19(22)18(16)12-14;/h5-8,11-12,21H,3-4,9-10H2,1-2H3;1H. The zero-order chi connectivity index (χ0) is 16.4. The molecule has 0 bridgehead atoms. The molecule has 1 aliphatic carbocycles. The number of benzene rings is 2. The van der Waals surface area contributed by atoms with Crippen molar-refractivity contribution in [1.29, 1.82) is 0 Å². The summed E-state index contributed by atoms with van der Waals surface area (Å²) in [5, 5.41) is 9.58. The van der Waals surface area contributed by atoms with Crippen LogP contribution in [0, 0.1) is 0 Å². The van der Waals surface area contributed by atoms with E-state index in [1.165, 1.54) is 6.07 Å². The molecular weight excluding hydrogens is 326 g/mol. The molecule has 4 nitrogen and oxygen atoms in total. The summed E-state index contributed by atoms with van der Waals surface area (Å²) in [6, 6.07) is 10.5. The fraction of sp³-hybridized carbons (Fsp3) is 0.316. The molecule has 2 aromatic carbocycles. The molecule has 3 rings (SSSR count). The predicted octanol–water partition coefficient (Wildman–Crippen LogP) is 3.75. The molecule has 24 heavy (non-hydrogen) atoms. The molecule has 0 saturated heterocycles. The molecule has 0 saturated carbocycles.